The molecule has 0 radical (unpaired) electrons. The lowest BCUT2D eigenvalue weighted by atomic mass is 9.99. The summed E-state index contributed by atoms with van der Waals surface area (Å²) in [6, 6.07) is 10.6. The van der Waals surface area contributed by atoms with Gasteiger partial charge in [-0.3, -0.25) is 9.59 Å². The number of amides is 1. The molecule has 0 aliphatic heterocycles. The molecule has 6 heteroatoms. The van der Waals surface area contributed by atoms with Crippen LogP contribution in [0.1, 0.15) is 44.0 Å². The van der Waals surface area contributed by atoms with Gasteiger partial charge < -0.3 is 9.84 Å². The van der Waals surface area contributed by atoms with Gasteiger partial charge in [0.25, 0.3) is 5.91 Å². The highest BCUT2D eigenvalue weighted by Crippen LogP contribution is 2.24. The highest BCUT2D eigenvalue weighted by Gasteiger charge is 2.22. The van der Waals surface area contributed by atoms with Gasteiger partial charge in [0.1, 0.15) is 5.75 Å². The Morgan fingerprint density at radius 3 is 2.46 bits per heavy atom. The highest BCUT2D eigenvalue weighted by molar-refractivity contribution is 6.04. The first-order valence-electron chi connectivity index (χ1n) is 8.70. The van der Waals surface area contributed by atoms with E-state index in [1.54, 1.807) is 26.0 Å². The second-order valence-electron chi connectivity index (χ2n) is 6.00. The maximum Gasteiger partial charge on any atom is 0.314 e. The smallest absolute Gasteiger partial charge is 0.314 e. The van der Waals surface area contributed by atoms with Crippen molar-refractivity contribution in [2.45, 2.75) is 33.6 Å². The first-order valence-corrected chi connectivity index (χ1v) is 8.70. The third kappa shape index (κ3) is 4.59. The van der Waals surface area contributed by atoms with Crippen molar-refractivity contribution in [1.82, 2.24) is 5.43 Å². The Morgan fingerprint density at radius 2 is 1.85 bits per heavy atom. The summed E-state index contributed by atoms with van der Waals surface area (Å²) in [5.74, 6) is -1.50. The number of nitrogens with zero attached hydrogens (tertiary/aromatic N) is 1. The van der Waals surface area contributed by atoms with Crippen molar-refractivity contribution in [2.24, 2.45) is 11.0 Å². The fourth-order valence-corrected chi connectivity index (χ4v) is 2.72. The van der Waals surface area contributed by atoms with Gasteiger partial charge in [0, 0.05) is 5.71 Å². The molecule has 2 aromatic rings. The molecule has 1 atom stereocenters. The second-order valence-corrected chi connectivity index (χ2v) is 6.00. The van der Waals surface area contributed by atoms with E-state index < -0.39 is 11.8 Å². The zero-order chi connectivity index (χ0) is 19.1. The summed E-state index contributed by atoms with van der Waals surface area (Å²) in [4.78, 5) is 24.4. The Morgan fingerprint density at radius 1 is 1.19 bits per heavy atom. The molecule has 0 spiro atoms. The van der Waals surface area contributed by atoms with Crippen molar-refractivity contribution < 1.29 is 19.4 Å². The number of phenols is 1. The standard InChI is InChI=1S/C20H24N2O4/c1-4-8-16(20(25)26-5-2)13(3)21-22-19(24)17-11-14-9-6-7-10-15(14)12-18(17)23/h6-7,9-12,16,23H,4-5,8H2,1-3H3,(H,22,24)/b21-13-. The van der Waals surface area contributed by atoms with Crippen molar-refractivity contribution in [2.75, 3.05) is 6.61 Å². The van der Waals surface area contributed by atoms with Crippen molar-refractivity contribution in [3.8, 4) is 5.75 Å². The number of benzene rings is 2. The van der Waals surface area contributed by atoms with Crippen LogP contribution in [-0.4, -0.2) is 29.3 Å². The molecule has 2 rings (SSSR count). The summed E-state index contributed by atoms with van der Waals surface area (Å²) in [7, 11) is 0. The van der Waals surface area contributed by atoms with Gasteiger partial charge >= 0.3 is 5.97 Å². The molecule has 2 N–H and O–H groups in total. The molecule has 0 fully saturated rings. The zero-order valence-corrected chi connectivity index (χ0v) is 15.3. The van der Waals surface area contributed by atoms with E-state index in [0.29, 0.717) is 18.7 Å². The number of hydrogen-bond donors (Lipinski definition) is 2. The Kier molecular flexibility index (Phi) is 6.72. The Bertz CT molecular complexity index is 830. The summed E-state index contributed by atoms with van der Waals surface area (Å²) < 4.78 is 5.06. The predicted molar refractivity (Wildman–Crippen MR) is 101 cm³/mol. The minimum Gasteiger partial charge on any atom is -0.507 e. The van der Waals surface area contributed by atoms with Gasteiger partial charge in [0.2, 0.25) is 0 Å². The average Bonchev–Trinajstić information content (AvgIpc) is 2.63. The number of rotatable bonds is 7. The number of fused-ring (bicyclic) bond motifs is 1. The van der Waals surface area contributed by atoms with E-state index in [-0.39, 0.29) is 17.3 Å². The minimum atomic E-state index is -0.535. The maximum atomic E-state index is 12.4. The van der Waals surface area contributed by atoms with Crippen LogP contribution in [0.15, 0.2) is 41.5 Å². The largest absolute Gasteiger partial charge is 0.507 e. The fourth-order valence-electron chi connectivity index (χ4n) is 2.72. The highest BCUT2D eigenvalue weighted by atomic mass is 16.5. The molecule has 1 unspecified atom stereocenters. The van der Waals surface area contributed by atoms with E-state index in [0.717, 1.165) is 17.2 Å². The monoisotopic (exact) mass is 356 g/mol. The molecular formula is C20H24N2O4. The van der Waals surface area contributed by atoms with E-state index in [1.165, 1.54) is 0 Å². The molecule has 26 heavy (non-hydrogen) atoms. The second kappa shape index (κ2) is 8.99. The zero-order valence-electron chi connectivity index (χ0n) is 15.3. The quantitative estimate of drug-likeness (QED) is 0.450. The molecule has 1 amide bonds. The first kappa shape index (κ1) is 19.4. The van der Waals surface area contributed by atoms with E-state index in [1.807, 2.05) is 31.2 Å². The first-order chi connectivity index (χ1) is 12.5. The van der Waals surface area contributed by atoms with Gasteiger partial charge in [-0.1, -0.05) is 37.6 Å². The topological polar surface area (TPSA) is 88.0 Å². The van der Waals surface area contributed by atoms with E-state index in [2.05, 4.69) is 10.5 Å². The number of hydrazone groups is 1. The average molecular weight is 356 g/mol. The number of ether oxygens (including phenoxy) is 1. The maximum absolute atomic E-state index is 12.4. The summed E-state index contributed by atoms with van der Waals surface area (Å²) in [6.07, 6.45) is 1.38. The lowest BCUT2D eigenvalue weighted by molar-refractivity contribution is -0.145. The normalized spacial score (nSPS) is 12.7. The summed E-state index contributed by atoms with van der Waals surface area (Å²) in [6.45, 7) is 5.68. The Balaban J connectivity index is 2.19. The van der Waals surface area contributed by atoms with Crippen LogP contribution in [0.3, 0.4) is 0 Å². The van der Waals surface area contributed by atoms with Crippen molar-refractivity contribution >= 4 is 28.4 Å². The van der Waals surface area contributed by atoms with E-state index in [4.69, 9.17) is 4.74 Å². The number of carbonyl (C=O) groups excluding carboxylic acids is 2. The van der Waals surface area contributed by atoms with Crippen LogP contribution in [0.25, 0.3) is 10.8 Å². The molecule has 0 heterocycles. The van der Waals surface area contributed by atoms with Gasteiger partial charge in [0.15, 0.2) is 0 Å². The fraction of sp³-hybridized carbons (Fsp3) is 0.350. The van der Waals surface area contributed by atoms with Crippen LogP contribution in [0.4, 0.5) is 0 Å². The molecule has 0 aromatic heterocycles. The Hall–Kier alpha value is -2.89. The van der Waals surface area contributed by atoms with Crippen molar-refractivity contribution in [3.05, 3.63) is 42.0 Å². The van der Waals surface area contributed by atoms with Crippen LogP contribution in [-0.2, 0) is 9.53 Å². The van der Waals surface area contributed by atoms with Gasteiger partial charge in [-0.15, -0.1) is 0 Å². The SMILES string of the molecule is CCCC(C(=O)OCC)/C(C)=N\NC(=O)c1cc2ccccc2cc1O. The number of nitrogens with one attached hydrogen (secondary N) is 1. The van der Waals surface area contributed by atoms with E-state index in [9.17, 15) is 14.7 Å². The molecule has 0 saturated heterocycles. The number of aromatic hydroxyl groups is 1. The molecule has 0 saturated carbocycles. The molecule has 0 aliphatic rings. The number of phenolic OH excluding ortho intramolecular Hbond substituents is 1. The molecule has 6 nitrogen and oxygen atoms in total. The van der Waals surface area contributed by atoms with Crippen LogP contribution < -0.4 is 5.43 Å². The van der Waals surface area contributed by atoms with Crippen LogP contribution in [0, 0.1) is 5.92 Å². The lowest BCUT2D eigenvalue weighted by Crippen LogP contribution is -2.28. The van der Waals surface area contributed by atoms with Crippen molar-refractivity contribution in [1.29, 1.82) is 0 Å². The number of hydrogen-bond acceptors (Lipinski definition) is 5. The van der Waals surface area contributed by atoms with Gasteiger partial charge in [0.05, 0.1) is 18.1 Å². The van der Waals surface area contributed by atoms with Crippen LogP contribution in [0.2, 0.25) is 0 Å². The van der Waals surface area contributed by atoms with Crippen LogP contribution in [0.5, 0.6) is 5.75 Å². The lowest BCUT2D eigenvalue weighted by Gasteiger charge is -2.14. The summed E-state index contributed by atoms with van der Waals surface area (Å²) in [5, 5.41) is 15.8. The van der Waals surface area contributed by atoms with Crippen LogP contribution >= 0.6 is 0 Å². The number of esters is 1. The van der Waals surface area contributed by atoms with E-state index >= 15 is 0 Å². The van der Waals surface area contributed by atoms with Gasteiger partial charge in [-0.2, -0.15) is 5.10 Å². The number of carbonyl (C=O) groups is 2. The summed E-state index contributed by atoms with van der Waals surface area (Å²) in [5.41, 5.74) is 3.02. The van der Waals surface area contributed by atoms with Gasteiger partial charge in [-0.05, 0) is 43.2 Å². The molecule has 0 aliphatic carbocycles. The van der Waals surface area contributed by atoms with Crippen molar-refractivity contribution in [3.63, 3.8) is 0 Å². The predicted octanol–water partition coefficient (Wildman–Crippen LogP) is 3.63. The van der Waals surface area contributed by atoms with Gasteiger partial charge in [-0.25, -0.2) is 5.43 Å². The third-order valence-corrected chi connectivity index (χ3v) is 4.10. The Labute approximate surface area is 152 Å². The molecule has 138 valence electrons. The molecule has 2 aromatic carbocycles. The minimum absolute atomic E-state index is 0.121. The summed E-state index contributed by atoms with van der Waals surface area (Å²) >= 11 is 0. The molecule has 0 bridgehead atoms. The third-order valence-electron chi connectivity index (χ3n) is 4.10. The molecular weight excluding hydrogens is 332 g/mol.